The number of benzene rings is 1. The van der Waals surface area contributed by atoms with Crippen LogP contribution in [0.15, 0.2) is 23.1 Å². The Morgan fingerprint density at radius 2 is 1.88 bits per heavy atom. The molecule has 0 aromatic heterocycles. The quantitative estimate of drug-likeness (QED) is 0.761. The van der Waals surface area contributed by atoms with Crippen LogP contribution in [-0.2, 0) is 9.05 Å². The Bertz CT molecular complexity index is 528. The molecule has 0 aliphatic rings. The number of carbonyl (C=O) groups excluding carboxylic acids is 1. The molecule has 0 heterocycles. The lowest BCUT2D eigenvalue weighted by Gasteiger charge is -2.10. The third kappa shape index (κ3) is 2.93. The highest BCUT2D eigenvalue weighted by molar-refractivity contribution is 8.13. The van der Waals surface area contributed by atoms with E-state index in [9.17, 15) is 17.6 Å². The first-order valence-electron chi connectivity index (χ1n) is 4.18. The van der Waals surface area contributed by atoms with Crippen molar-refractivity contribution in [3.05, 3.63) is 29.6 Å². The van der Waals surface area contributed by atoms with Crippen LogP contribution < -0.4 is 0 Å². The van der Waals surface area contributed by atoms with Crippen molar-refractivity contribution in [2.24, 2.45) is 0 Å². The van der Waals surface area contributed by atoms with Crippen molar-refractivity contribution >= 4 is 25.6 Å². The van der Waals surface area contributed by atoms with E-state index in [1.54, 1.807) is 0 Å². The van der Waals surface area contributed by atoms with Crippen LogP contribution in [0, 0.1) is 5.82 Å². The van der Waals surface area contributed by atoms with E-state index < -0.39 is 25.7 Å². The Hall–Kier alpha value is -1.14. The minimum absolute atomic E-state index is 0.0655. The van der Waals surface area contributed by atoms with Crippen LogP contribution in [0.5, 0.6) is 0 Å². The monoisotopic (exact) mass is 265 g/mol. The summed E-state index contributed by atoms with van der Waals surface area (Å²) in [5.41, 5.74) is -0.0655. The predicted molar refractivity (Wildman–Crippen MR) is 57.5 cm³/mol. The predicted octanol–water partition coefficient (Wildman–Crippen LogP) is 1.46. The topological polar surface area (TPSA) is 54.5 Å². The Morgan fingerprint density at radius 1 is 1.31 bits per heavy atom. The normalized spacial score (nSPS) is 11.2. The summed E-state index contributed by atoms with van der Waals surface area (Å²) < 4.78 is 35.1. The second-order valence-electron chi connectivity index (χ2n) is 3.31. The van der Waals surface area contributed by atoms with Crippen molar-refractivity contribution in [3.8, 4) is 0 Å². The number of hydrogen-bond acceptors (Lipinski definition) is 3. The van der Waals surface area contributed by atoms with Crippen molar-refractivity contribution in [2.45, 2.75) is 4.90 Å². The van der Waals surface area contributed by atoms with Crippen LogP contribution >= 0.6 is 10.7 Å². The SMILES string of the molecule is CN(C)C(=O)c1cc(F)cc(S(=O)(=O)Cl)c1. The first-order chi connectivity index (χ1) is 7.21. The number of halogens is 2. The Labute approximate surface area is 97.0 Å². The molecule has 0 unspecified atom stereocenters. The highest BCUT2D eigenvalue weighted by Gasteiger charge is 2.16. The molecular formula is C9H9ClFNO3S. The van der Waals surface area contributed by atoms with Gasteiger partial charge in [0.25, 0.3) is 15.0 Å². The number of hydrogen-bond donors (Lipinski definition) is 0. The number of nitrogens with zero attached hydrogens (tertiary/aromatic N) is 1. The average molecular weight is 266 g/mol. The summed E-state index contributed by atoms with van der Waals surface area (Å²) in [6.45, 7) is 0. The van der Waals surface area contributed by atoms with E-state index in [2.05, 4.69) is 0 Å². The van der Waals surface area contributed by atoms with E-state index in [0.717, 1.165) is 18.2 Å². The fourth-order valence-electron chi connectivity index (χ4n) is 1.09. The third-order valence-electron chi connectivity index (χ3n) is 1.81. The van der Waals surface area contributed by atoms with Crippen LogP contribution in [-0.4, -0.2) is 33.3 Å². The maximum Gasteiger partial charge on any atom is 0.261 e. The molecule has 0 atom stereocenters. The van der Waals surface area contributed by atoms with E-state index >= 15 is 0 Å². The number of carbonyl (C=O) groups is 1. The zero-order valence-corrected chi connectivity index (χ0v) is 10.1. The largest absolute Gasteiger partial charge is 0.345 e. The van der Waals surface area contributed by atoms with Crippen LogP contribution in [0.2, 0.25) is 0 Å². The fourth-order valence-corrected chi connectivity index (χ4v) is 1.87. The first-order valence-corrected chi connectivity index (χ1v) is 6.49. The van der Waals surface area contributed by atoms with Gasteiger partial charge in [-0.25, -0.2) is 12.8 Å². The molecular weight excluding hydrogens is 257 g/mol. The van der Waals surface area contributed by atoms with Gasteiger partial charge in [-0.3, -0.25) is 4.79 Å². The Balaban J connectivity index is 3.35. The molecule has 0 saturated heterocycles. The van der Waals surface area contributed by atoms with Gasteiger partial charge >= 0.3 is 0 Å². The van der Waals surface area contributed by atoms with Gasteiger partial charge in [0, 0.05) is 30.3 Å². The molecule has 7 heteroatoms. The van der Waals surface area contributed by atoms with Gasteiger partial charge in [0.15, 0.2) is 0 Å². The van der Waals surface area contributed by atoms with Gasteiger partial charge in [0.05, 0.1) is 4.90 Å². The molecule has 16 heavy (non-hydrogen) atoms. The van der Waals surface area contributed by atoms with Gasteiger partial charge in [-0.05, 0) is 18.2 Å². The zero-order chi connectivity index (χ0) is 12.5. The van der Waals surface area contributed by atoms with Gasteiger partial charge in [-0.15, -0.1) is 0 Å². The molecule has 1 rings (SSSR count). The molecule has 0 spiro atoms. The van der Waals surface area contributed by atoms with Crippen molar-refractivity contribution < 1.29 is 17.6 Å². The molecule has 0 radical (unpaired) electrons. The van der Waals surface area contributed by atoms with Crippen molar-refractivity contribution in [1.29, 1.82) is 0 Å². The molecule has 88 valence electrons. The molecule has 1 aromatic rings. The Morgan fingerprint density at radius 3 is 2.31 bits per heavy atom. The lowest BCUT2D eigenvalue weighted by Crippen LogP contribution is -2.22. The van der Waals surface area contributed by atoms with Crippen LogP contribution in [0.1, 0.15) is 10.4 Å². The van der Waals surface area contributed by atoms with E-state index in [-0.39, 0.29) is 5.56 Å². The highest BCUT2D eigenvalue weighted by Crippen LogP contribution is 2.19. The van der Waals surface area contributed by atoms with E-state index in [4.69, 9.17) is 10.7 Å². The van der Waals surface area contributed by atoms with Gasteiger partial charge in [0.2, 0.25) is 0 Å². The summed E-state index contributed by atoms with van der Waals surface area (Å²) in [5, 5.41) is 0. The van der Waals surface area contributed by atoms with Gasteiger partial charge in [0.1, 0.15) is 5.82 Å². The first kappa shape index (κ1) is 12.9. The van der Waals surface area contributed by atoms with Crippen molar-refractivity contribution in [2.75, 3.05) is 14.1 Å². The standard InChI is InChI=1S/C9H9ClFNO3S/c1-12(2)9(13)6-3-7(11)5-8(4-6)16(10,14)15/h3-5H,1-2H3. The number of rotatable bonds is 2. The summed E-state index contributed by atoms with van der Waals surface area (Å²) in [6.07, 6.45) is 0. The second kappa shape index (κ2) is 4.39. The molecule has 0 aliphatic heterocycles. The third-order valence-corrected chi connectivity index (χ3v) is 3.14. The Kier molecular flexibility index (Phi) is 3.54. The van der Waals surface area contributed by atoms with Crippen LogP contribution in [0.25, 0.3) is 0 Å². The summed E-state index contributed by atoms with van der Waals surface area (Å²) in [5.74, 6) is -1.33. The number of amides is 1. The molecule has 0 bridgehead atoms. The van der Waals surface area contributed by atoms with Gasteiger partial charge in [-0.2, -0.15) is 0 Å². The minimum atomic E-state index is -4.05. The molecule has 0 saturated carbocycles. The molecule has 1 amide bonds. The van der Waals surface area contributed by atoms with Crippen molar-refractivity contribution in [3.63, 3.8) is 0 Å². The summed E-state index contributed by atoms with van der Waals surface area (Å²) in [4.78, 5) is 12.3. The average Bonchev–Trinajstić information content (AvgIpc) is 2.14. The van der Waals surface area contributed by atoms with Crippen LogP contribution in [0.3, 0.4) is 0 Å². The maximum atomic E-state index is 13.1. The lowest BCUT2D eigenvalue weighted by atomic mass is 10.2. The molecule has 0 N–H and O–H groups in total. The molecule has 4 nitrogen and oxygen atoms in total. The molecule has 0 fully saturated rings. The van der Waals surface area contributed by atoms with Crippen LogP contribution in [0.4, 0.5) is 4.39 Å². The minimum Gasteiger partial charge on any atom is -0.345 e. The van der Waals surface area contributed by atoms with Crippen molar-refractivity contribution in [1.82, 2.24) is 4.90 Å². The van der Waals surface area contributed by atoms with E-state index in [1.807, 2.05) is 0 Å². The summed E-state index contributed by atoms with van der Waals surface area (Å²) >= 11 is 0. The van der Waals surface area contributed by atoms with Gasteiger partial charge in [-0.1, -0.05) is 0 Å². The smallest absolute Gasteiger partial charge is 0.261 e. The summed E-state index contributed by atoms with van der Waals surface area (Å²) in [7, 11) is 3.97. The maximum absolute atomic E-state index is 13.1. The van der Waals surface area contributed by atoms with Gasteiger partial charge < -0.3 is 4.90 Å². The molecule has 0 aliphatic carbocycles. The fraction of sp³-hybridized carbons (Fsp3) is 0.222. The van der Waals surface area contributed by atoms with E-state index in [0.29, 0.717) is 0 Å². The zero-order valence-electron chi connectivity index (χ0n) is 8.57. The highest BCUT2D eigenvalue weighted by atomic mass is 35.7. The second-order valence-corrected chi connectivity index (χ2v) is 5.88. The molecule has 1 aromatic carbocycles. The summed E-state index contributed by atoms with van der Waals surface area (Å²) in [6, 6.07) is 2.75. The van der Waals surface area contributed by atoms with E-state index in [1.165, 1.54) is 19.0 Å². The lowest BCUT2D eigenvalue weighted by molar-refractivity contribution is 0.0827.